The molecule has 0 spiro atoms. The second kappa shape index (κ2) is 11.1. The van der Waals surface area contributed by atoms with Crippen molar-refractivity contribution in [2.45, 2.75) is 25.9 Å². The van der Waals surface area contributed by atoms with Crippen LogP contribution >= 0.6 is 23.2 Å². The summed E-state index contributed by atoms with van der Waals surface area (Å²) in [6.07, 6.45) is 0.916. The minimum Gasteiger partial charge on any atom is -0.497 e. The molecule has 0 saturated heterocycles. The van der Waals surface area contributed by atoms with E-state index in [9.17, 15) is 14.7 Å². The van der Waals surface area contributed by atoms with E-state index in [1.165, 1.54) is 0 Å². The molecule has 2 N–H and O–H groups in total. The van der Waals surface area contributed by atoms with Gasteiger partial charge >= 0.3 is 0 Å². The molecule has 1 aromatic heterocycles. The number of halogens is 2. The largest absolute Gasteiger partial charge is 0.497 e. The maximum atomic E-state index is 13.1. The molecule has 1 amide bonds. The number of nitrogens with one attached hydrogen (secondary N) is 1. The summed E-state index contributed by atoms with van der Waals surface area (Å²) in [5, 5.41) is 10.1. The molecule has 1 aliphatic rings. The Morgan fingerprint density at radius 2 is 1.97 bits per heavy atom. The van der Waals surface area contributed by atoms with Gasteiger partial charge in [-0.15, -0.1) is 0 Å². The molecule has 0 saturated carbocycles. The van der Waals surface area contributed by atoms with Crippen LogP contribution in [0.1, 0.15) is 33.6 Å². The van der Waals surface area contributed by atoms with Crippen LogP contribution in [-0.2, 0) is 19.5 Å². The first-order valence-electron chi connectivity index (χ1n) is 11.2. The minimum absolute atomic E-state index is 0.0141. The number of carbonyl (C=O) groups is 1. The maximum Gasteiger partial charge on any atom is 0.255 e. The van der Waals surface area contributed by atoms with Gasteiger partial charge in [0.15, 0.2) is 0 Å². The molecule has 0 unspecified atom stereocenters. The van der Waals surface area contributed by atoms with E-state index in [2.05, 4.69) is 4.98 Å². The quantitative estimate of drug-likeness (QED) is 0.473. The lowest BCUT2D eigenvalue weighted by atomic mass is 10.1. The average Bonchev–Trinajstić information content (AvgIpc) is 2.87. The zero-order valence-electron chi connectivity index (χ0n) is 19.3. The standard InChI is InChI=1S/C25H26Cl2N4O4/c1-35-18-6-3-16(4-7-18)14-31(10-2-12-32)25-28-22-15-30(11-9-19(22)23(33)29-25)24(34)17-5-8-20(26)21(27)13-17/h3-8,13,32H,2,9-12,14-15H2,1H3,(H,28,29,33). The zero-order valence-corrected chi connectivity index (χ0v) is 20.8. The summed E-state index contributed by atoms with van der Waals surface area (Å²) < 4.78 is 5.22. The fourth-order valence-corrected chi connectivity index (χ4v) is 4.33. The molecular formula is C25H26Cl2N4O4. The van der Waals surface area contributed by atoms with Crippen molar-refractivity contribution in [3.63, 3.8) is 0 Å². The molecule has 184 valence electrons. The zero-order chi connectivity index (χ0) is 24.9. The van der Waals surface area contributed by atoms with Gasteiger partial charge in [-0.2, -0.15) is 0 Å². The van der Waals surface area contributed by atoms with Crippen LogP contribution in [0.2, 0.25) is 10.0 Å². The van der Waals surface area contributed by atoms with Crippen molar-refractivity contribution in [1.82, 2.24) is 14.9 Å². The van der Waals surface area contributed by atoms with Crippen LogP contribution in [0, 0.1) is 0 Å². The number of amides is 1. The van der Waals surface area contributed by atoms with Crippen LogP contribution in [0.15, 0.2) is 47.3 Å². The topological polar surface area (TPSA) is 98.8 Å². The van der Waals surface area contributed by atoms with Gasteiger partial charge < -0.3 is 19.6 Å². The number of rotatable bonds is 8. The highest BCUT2D eigenvalue weighted by Crippen LogP contribution is 2.25. The number of benzene rings is 2. The molecule has 4 rings (SSSR count). The summed E-state index contributed by atoms with van der Waals surface area (Å²) in [4.78, 5) is 37.2. The number of hydrogen-bond donors (Lipinski definition) is 2. The van der Waals surface area contributed by atoms with E-state index < -0.39 is 0 Å². The lowest BCUT2D eigenvalue weighted by molar-refractivity contribution is 0.0731. The normalized spacial score (nSPS) is 12.9. The first-order chi connectivity index (χ1) is 16.9. The fraction of sp³-hybridized carbons (Fsp3) is 0.320. The van der Waals surface area contributed by atoms with Crippen molar-refractivity contribution in [2.75, 3.05) is 31.7 Å². The molecule has 10 heteroatoms. The predicted octanol–water partition coefficient (Wildman–Crippen LogP) is 3.67. The van der Waals surface area contributed by atoms with Gasteiger partial charge in [0.1, 0.15) is 5.75 Å². The SMILES string of the molecule is COc1ccc(CN(CCCO)c2nc3c(c(=O)[nH]2)CCN(C(=O)c2ccc(Cl)c(Cl)c2)C3)cc1. The first-order valence-corrected chi connectivity index (χ1v) is 12.0. The predicted molar refractivity (Wildman–Crippen MR) is 136 cm³/mol. The van der Waals surface area contributed by atoms with Gasteiger partial charge in [-0.05, 0) is 48.7 Å². The summed E-state index contributed by atoms with van der Waals surface area (Å²) in [7, 11) is 1.61. The van der Waals surface area contributed by atoms with Crippen molar-refractivity contribution in [2.24, 2.45) is 0 Å². The highest BCUT2D eigenvalue weighted by atomic mass is 35.5. The summed E-state index contributed by atoms with van der Waals surface area (Å²) in [5.41, 5.74) is 2.36. The molecule has 2 heterocycles. The minimum atomic E-state index is -0.213. The molecule has 3 aromatic rings. The summed E-state index contributed by atoms with van der Waals surface area (Å²) in [6, 6.07) is 12.4. The number of anilines is 1. The van der Waals surface area contributed by atoms with E-state index >= 15 is 0 Å². The Balaban J connectivity index is 1.59. The number of hydrogen-bond acceptors (Lipinski definition) is 6. The number of aliphatic hydroxyl groups is 1. The van der Waals surface area contributed by atoms with Gasteiger partial charge in [-0.3, -0.25) is 14.6 Å². The number of nitrogens with zero attached hydrogens (tertiary/aromatic N) is 3. The number of ether oxygens (including phenoxy) is 1. The third kappa shape index (κ3) is 5.78. The average molecular weight is 517 g/mol. The Morgan fingerprint density at radius 1 is 1.20 bits per heavy atom. The van der Waals surface area contributed by atoms with E-state index in [4.69, 9.17) is 32.9 Å². The van der Waals surface area contributed by atoms with E-state index in [1.54, 1.807) is 30.2 Å². The Morgan fingerprint density at radius 3 is 2.66 bits per heavy atom. The summed E-state index contributed by atoms with van der Waals surface area (Å²) in [6.45, 7) is 1.60. The van der Waals surface area contributed by atoms with Gasteiger partial charge in [-0.25, -0.2) is 4.98 Å². The third-order valence-corrected chi connectivity index (χ3v) is 6.67. The number of aliphatic hydroxyl groups excluding tert-OH is 1. The first kappa shape index (κ1) is 25.0. The molecule has 0 fully saturated rings. The lowest BCUT2D eigenvalue weighted by Crippen LogP contribution is -2.40. The van der Waals surface area contributed by atoms with Crippen LogP contribution in [0.3, 0.4) is 0 Å². The number of carbonyl (C=O) groups excluding carboxylic acids is 1. The van der Waals surface area contributed by atoms with Crippen LogP contribution in [-0.4, -0.2) is 52.7 Å². The summed E-state index contributed by atoms with van der Waals surface area (Å²) >= 11 is 12.1. The molecule has 35 heavy (non-hydrogen) atoms. The molecule has 0 atom stereocenters. The molecule has 2 aromatic carbocycles. The highest BCUT2D eigenvalue weighted by Gasteiger charge is 2.26. The molecule has 1 aliphatic heterocycles. The fourth-order valence-electron chi connectivity index (χ4n) is 4.03. The van der Waals surface area contributed by atoms with Crippen LogP contribution in [0.4, 0.5) is 5.95 Å². The van der Waals surface area contributed by atoms with Crippen molar-refractivity contribution in [3.05, 3.63) is 85.2 Å². The number of H-pyrrole nitrogens is 1. The molecular weight excluding hydrogens is 491 g/mol. The van der Waals surface area contributed by atoms with Gasteiger partial charge in [-0.1, -0.05) is 35.3 Å². The van der Waals surface area contributed by atoms with Crippen LogP contribution in [0.25, 0.3) is 0 Å². The number of fused-ring (bicyclic) bond motifs is 1. The third-order valence-electron chi connectivity index (χ3n) is 5.93. The van der Waals surface area contributed by atoms with Gasteiger partial charge in [0.25, 0.3) is 11.5 Å². The second-order valence-corrected chi connectivity index (χ2v) is 9.08. The van der Waals surface area contributed by atoms with Gasteiger partial charge in [0.2, 0.25) is 5.95 Å². The second-order valence-electron chi connectivity index (χ2n) is 8.27. The molecule has 0 radical (unpaired) electrons. The molecule has 8 nitrogen and oxygen atoms in total. The van der Waals surface area contributed by atoms with Crippen LogP contribution in [0.5, 0.6) is 5.75 Å². The van der Waals surface area contributed by atoms with E-state index in [1.807, 2.05) is 29.2 Å². The van der Waals surface area contributed by atoms with E-state index in [0.29, 0.717) is 65.3 Å². The molecule has 0 aliphatic carbocycles. The Labute approximate surface area is 213 Å². The van der Waals surface area contributed by atoms with Gasteiger partial charge in [0, 0.05) is 37.4 Å². The van der Waals surface area contributed by atoms with Crippen molar-refractivity contribution < 1.29 is 14.6 Å². The van der Waals surface area contributed by atoms with Crippen molar-refractivity contribution in [1.29, 1.82) is 0 Å². The lowest BCUT2D eigenvalue weighted by Gasteiger charge is -2.30. The number of methoxy groups -OCH3 is 1. The van der Waals surface area contributed by atoms with Crippen molar-refractivity contribution >= 4 is 35.1 Å². The Hall–Kier alpha value is -3.07. The van der Waals surface area contributed by atoms with Crippen LogP contribution < -0.4 is 15.2 Å². The van der Waals surface area contributed by atoms with Crippen molar-refractivity contribution in [3.8, 4) is 5.75 Å². The van der Waals surface area contributed by atoms with E-state index in [-0.39, 0.29) is 24.6 Å². The maximum absolute atomic E-state index is 13.1. The summed E-state index contributed by atoms with van der Waals surface area (Å²) in [5.74, 6) is 0.956. The monoisotopic (exact) mass is 516 g/mol. The van der Waals surface area contributed by atoms with E-state index in [0.717, 1.165) is 11.3 Å². The smallest absolute Gasteiger partial charge is 0.255 e. The number of aromatic amines is 1. The molecule has 0 bridgehead atoms. The van der Waals surface area contributed by atoms with Gasteiger partial charge in [0.05, 0.1) is 29.4 Å². The number of aromatic nitrogens is 2. The Kier molecular flexibility index (Phi) is 7.95. The highest BCUT2D eigenvalue weighted by molar-refractivity contribution is 6.42. The Bertz CT molecular complexity index is 1260.